The smallest absolute Gasteiger partial charge is 0.155 e. The van der Waals surface area contributed by atoms with Gasteiger partial charge in [0.1, 0.15) is 0 Å². The predicted octanol–water partition coefficient (Wildman–Crippen LogP) is 3.72. The summed E-state index contributed by atoms with van der Waals surface area (Å²) in [6.45, 7) is 2.40. The molecule has 0 aromatic carbocycles. The van der Waals surface area contributed by atoms with Crippen molar-refractivity contribution in [1.29, 1.82) is 0 Å². The average Bonchev–Trinajstić information content (AvgIpc) is 2.28. The summed E-state index contributed by atoms with van der Waals surface area (Å²) in [6.07, 6.45) is 12.8. The fourth-order valence-corrected chi connectivity index (χ4v) is 1.01. The molecular formula is C12H17N3O. The molecule has 0 bridgehead atoms. The quantitative estimate of drug-likeness (QED) is 0.153. The number of carbonyl (C=O) groups is 1. The molecule has 0 radical (unpaired) electrons. The normalized spacial score (nSPS) is 11.3. The summed E-state index contributed by atoms with van der Waals surface area (Å²) in [5.74, 6) is 0.103. The van der Waals surface area contributed by atoms with Gasteiger partial charge in [-0.2, -0.15) is 0 Å². The third-order valence-electron chi connectivity index (χ3n) is 1.80. The predicted molar refractivity (Wildman–Crippen MR) is 66.0 cm³/mol. The molecule has 0 heterocycles. The van der Waals surface area contributed by atoms with Crippen molar-refractivity contribution < 1.29 is 4.79 Å². The zero-order valence-electron chi connectivity index (χ0n) is 9.54. The van der Waals surface area contributed by atoms with Gasteiger partial charge in [0.25, 0.3) is 0 Å². The van der Waals surface area contributed by atoms with E-state index < -0.39 is 0 Å². The Bertz CT molecular complexity index is 323. The van der Waals surface area contributed by atoms with Crippen LogP contribution >= 0.6 is 0 Å². The molecule has 0 unspecified atom stereocenters. The van der Waals surface area contributed by atoms with E-state index in [0.29, 0.717) is 13.0 Å². The van der Waals surface area contributed by atoms with Crippen LogP contribution in [0.3, 0.4) is 0 Å². The first-order valence-electron chi connectivity index (χ1n) is 5.31. The maximum Gasteiger partial charge on any atom is 0.155 e. The van der Waals surface area contributed by atoms with E-state index >= 15 is 0 Å². The summed E-state index contributed by atoms with van der Waals surface area (Å²) in [5, 5.41) is 3.40. The van der Waals surface area contributed by atoms with Gasteiger partial charge in [-0.3, -0.25) is 4.79 Å². The van der Waals surface area contributed by atoms with Crippen LogP contribution in [-0.2, 0) is 4.79 Å². The van der Waals surface area contributed by atoms with Crippen molar-refractivity contribution in [2.75, 3.05) is 6.54 Å². The van der Waals surface area contributed by atoms with Crippen LogP contribution in [0.15, 0.2) is 41.6 Å². The molecule has 0 aromatic heterocycles. The molecule has 4 nitrogen and oxygen atoms in total. The Hall–Kier alpha value is -1.80. The van der Waals surface area contributed by atoms with Crippen LogP contribution < -0.4 is 0 Å². The lowest BCUT2D eigenvalue weighted by Crippen LogP contribution is -1.92. The van der Waals surface area contributed by atoms with Crippen LogP contribution in [0.5, 0.6) is 0 Å². The second-order valence-electron chi connectivity index (χ2n) is 3.15. The highest BCUT2D eigenvalue weighted by Crippen LogP contribution is 1.98. The molecule has 0 N–H and O–H groups in total. The van der Waals surface area contributed by atoms with E-state index in [1.807, 2.05) is 31.2 Å². The standard InChI is InChI=1S/C12H17N3O/c1-2-3-4-5-6-9-12(16)10-7-8-11-14-15-13/h2-6,9H,7-8,10-11H2,1H3. The topological polar surface area (TPSA) is 65.8 Å². The highest BCUT2D eigenvalue weighted by atomic mass is 16.1. The Morgan fingerprint density at radius 1 is 1.25 bits per heavy atom. The molecule has 0 spiro atoms. The van der Waals surface area contributed by atoms with Crippen LogP contribution in [-0.4, -0.2) is 12.3 Å². The minimum atomic E-state index is 0.103. The summed E-state index contributed by atoms with van der Waals surface area (Å²) >= 11 is 0. The van der Waals surface area contributed by atoms with Crippen molar-refractivity contribution in [3.05, 3.63) is 46.9 Å². The number of hydrogen-bond donors (Lipinski definition) is 0. The third kappa shape index (κ3) is 10.3. The number of ketones is 1. The van der Waals surface area contributed by atoms with Crippen LogP contribution in [0.25, 0.3) is 10.4 Å². The van der Waals surface area contributed by atoms with E-state index in [4.69, 9.17) is 5.53 Å². The molecule has 0 rings (SSSR count). The molecule has 16 heavy (non-hydrogen) atoms. The molecule has 0 amide bonds. The van der Waals surface area contributed by atoms with Crippen LogP contribution in [0, 0.1) is 0 Å². The van der Waals surface area contributed by atoms with Crippen molar-refractivity contribution in [3.63, 3.8) is 0 Å². The molecule has 0 saturated carbocycles. The molecule has 0 fully saturated rings. The second kappa shape index (κ2) is 11.3. The first-order valence-corrected chi connectivity index (χ1v) is 5.31. The summed E-state index contributed by atoms with van der Waals surface area (Å²) < 4.78 is 0. The first kappa shape index (κ1) is 14.2. The highest BCUT2D eigenvalue weighted by molar-refractivity contribution is 5.89. The van der Waals surface area contributed by atoms with E-state index in [1.165, 1.54) is 0 Å². The molecule has 0 aromatic rings. The van der Waals surface area contributed by atoms with E-state index in [-0.39, 0.29) is 5.78 Å². The lowest BCUT2D eigenvalue weighted by Gasteiger charge is -1.92. The number of unbranched alkanes of at least 4 members (excludes halogenated alkanes) is 1. The minimum absolute atomic E-state index is 0.103. The van der Waals surface area contributed by atoms with Gasteiger partial charge in [0.2, 0.25) is 0 Å². The zero-order chi connectivity index (χ0) is 12.1. The number of hydrogen-bond acceptors (Lipinski definition) is 2. The van der Waals surface area contributed by atoms with Gasteiger partial charge in [-0.15, -0.1) is 0 Å². The van der Waals surface area contributed by atoms with E-state index in [9.17, 15) is 4.79 Å². The van der Waals surface area contributed by atoms with Crippen molar-refractivity contribution in [2.24, 2.45) is 5.11 Å². The van der Waals surface area contributed by atoms with Crippen LogP contribution in [0.1, 0.15) is 26.2 Å². The van der Waals surface area contributed by atoms with Gasteiger partial charge in [-0.05, 0) is 31.4 Å². The maximum atomic E-state index is 11.3. The Morgan fingerprint density at radius 2 is 2.00 bits per heavy atom. The molecule has 4 heteroatoms. The van der Waals surface area contributed by atoms with Gasteiger partial charge in [-0.25, -0.2) is 0 Å². The highest BCUT2D eigenvalue weighted by Gasteiger charge is 1.94. The monoisotopic (exact) mass is 219 g/mol. The van der Waals surface area contributed by atoms with Crippen LogP contribution in [0.2, 0.25) is 0 Å². The van der Waals surface area contributed by atoms with Gasteiger partial charge < -0.3 is 0 Å². The van der Waals surface area contributed by atoms with E-state index in [1.54, 1.807) is 12.2 Å². The second-order valence-corrected chi connectivity index (χ2v) is 3.15. The number of carbonyl (C=O) groups excluding carboxylic acids is 1. The van der Waals surface area contributed by atoms with Crippen LogP contribution in [0.4, 0.5) is 0 Å². The molecule has 86 valence electrons. The Balaban J connectivity index is 3.61. The van der Waals surface area contributed by atoms with Gasteiger partial charge in [0.05, 0.1) is 0 Å². The Kier molecular flexibility index (Phi) is 10.0. The maximum absolute atomic E-state index is 11.3. The molecule has 0 aliphatic carbocycles. The molecule has 0 atom stereocenters. The summed E-state index contributed by atoms with van der Waals surface area (Å²) in [5.41, 5.74) is 8.03. The fourth-order valence-electron chi connectivity index (χ4n) is 1.01. The number of allylic oxidation sites excluding steroid dienone is 6. The van der Waals surface area contributed by atoms with Crippen molar-refractivity contribution >= 4 is 5.78 Å². The first-order chi connectivity index (χ1) is 7.81. The van der Waals surface area contributed by atoms with Gasteiger partial charge in [0, 0.05) is 17.9 Å². The SMILES string of the molecule is CC=CC=CC=CC(=O)CCCCN=[N+]=[N-]. The van der Waals surface area contributed by atoms with Gasteiger partial charge in [0.15, 0.2) is 5.78 Å². The number of rotatable bonds is 8. The Morgan fingerprint density at radius 3 is 2.69 bits per heavy atom. The number of azide groups is 1. The molecule has 0 aliphatic rings. The zero-order valence-corrected chi connectivity index (χ0v) is 9.54. The largest absolute Gasteiger partial charge is 0.295 e. The summed E-state index contributed by atoms with van der Waals surface area (Å²) in [6, 6.07) is 0. The van der Waals surface area contributed by atoms with Crippen molar-refractivity contribution in [1.82, 2.24) is 0 Å². The van der Waals surface area contributed by atoms with Crippen molar-refractivity contribution in [2.45, 2.75) is 26.2 Å². The summed E-state index contributed by atoms with van der Waals surface area (Å²) in [7, 11) is 0. The number of nitrogens with zero attached hydrogens (tertiary/aromatic N) is 3. The fraction of sp³-hybridized carbons (Fsp3) is 0.417. The molecular weight excluding hydrogens is 202 g/mol. The third-order valence-corrected chi connectivity index (χ3v) is 1.80. The lowest BCUT2D eigenvalue weighted by molar-refractivity contribution is -0.114. The molecule has 0 saturated heterocycles. The lowest BCUT2D eigenvalue weighted by atomic mass is 10.1. The Labute approximate surface area is 96.0 Å². The van der Waals surface area contributed by atoms with E-state index in [0.717, 1.165) is 12.8 Å². The average molecular weight is 219 g/mol. The summed E-state index contributed by atoms with van der Waals surface area (Å²) in [4.78, 5) is 13.9. The molecule has 0 aliphatic heterocycles. The van der Waals surface area contributed by atoms with E-state index in [2.05, 4.69) is 10.0 Å². The van der Waals surface area contributed by atoms with Crippen molar-refractivity contribution in [3.8, 4) is 0 Å². The van der Waals surface area contributed by atoms with Gasteiger partial charge in [-0.1, -0.05) is 35.5 Å². The van der Waals surface area contributed by atoms with Gasteiger partial charge >= 0.3 is 0 Å². The minimum Gasteiger partial charge on any atom is -0.295 e.